The largest absolute Gasteiger partial charge is 0.336 e. The number of hydrogen-bond donors (Lipinski definition) is 1. The maximum Gasteiger partial charge on any atom is 0.123 e. The summed E-state index contributed by atoms with van der Waals surface area (Å²) >= 11 is 0. The zero-order valence-corrected chi connectivity index (χ0v) is 14.3. The molecule has 0 radical (unpaired) electrons. The molecule has 25 heavy (non-hydrogen) atoms. The second kappa shape index (κ2) is 6.80. The molecule has 4 rings (SSSR count). The molecule has 1 N–H and O–H groups in total. The molecular weight excluding hydrogens is 317 g/mol. The van der Waals surface area contributed by atoms with Crippen LogP contribution in [0.25, 0.3) is 0 Å². The summed E-state index contributed by atoms with van der Waals surface area (Å²) in [4.78, 5) is 4.11. The fourth-order valence-corrected chi connectivity index (χ4v) is 3.09. The summed E-state index contributed by atoms with van der Waals surface area (Å²) in [5.74, 6) is 0.435. The van der Waals surface area contributed by atoms with Crippen molar-refractivity contribution in [3.05, 3.63) is 71.8 Å². The summed E-state index contributed by atoms with van der Waals surface area (Å²) in [5.41, 5.74) is 3.42. The van der Waals surface area contributed by atoms with Gasteiger partial charge in [-0.3, -0.25) is 4.68 Å². The van der Waals surface area contributed by atoms with E-state index in [9.17, 15) is 4.39 Å². The zero-order chi connectivity index (χ0) is 17.2. The SMILES string of the molecule is Cn1nc(C2CC2)cc1CNC(Cn1ccnc1)c1ccc(F)cc1. The van der Waals surface area contributed by atoms with Gasteiger partial charge in [0.05, 0.1) is 23.8 Å². The lowest BCUT2D eigenvalue weighted by molar-refractivity contribution is 0.452. The van der Waals surface area contributed by atoms with Gasteiger partial charge in [-0.1, -0.05) is 12.1 Å². The fraction of sp³-hybridized carbons (Fsp3) is 0.368. The topological polar surface area (TPSA) is 47.7 Å². The molecule has 1 fully saturated rings. The Labute approximate surface area is 146 Å². The smallest absolute Gasteiger partial charge is 0.123 e. The Balaban J connectivity index is 1.50. The van der Waals surface area contributed by atoms with Crippen molar-refractivity contribution < 1.29 is 4.39 Å². The Kier molecular flexibility index (Phi) is 4.36. The summed E-state index contributed by atoms with van der Waals surface area (Å²) in [6.45, 7) is 1.45. The fourth-order valence-electron chi connectivity index (χ4n) is 3.09. The number of rotatable bonds is 7. The van der Waals surface area contributed by atoms with Crippen LogP contribution in [0.3, 0.4) is 0 Å². The first-order chi connectivity index (χ1) is 12.2. The van der Waals surface area contributed by atoms with E-state index in [4.69, 9.17) is 0 Å². The second-order valence-electron chi connectivity index (χ2n) is 6.70. The van der Waals surface area contributed by atoms with Gasteiger partial charge in [0.25, 0.3) is 0 Å². The van der Waals surface area contributed by atoms with Crippen molar-refractivity contribution in [3.8, 4) is 0 Å². The van der Waals surface area contributed by atoms with Crippen molar-refractivity contribution in [1.29, 1.82) is 0 Å². The van der Waals surface area contributed by atoms with Crippen LogP contribution >= 0.6 is 0 Å². The summed E-state index contributed by atoms with van der Waals surface area (Å²) < 4.78 is 17.3. The van der Waals surface area contributed by atoms with Crippen LogP contribution in [0.1, 0.15) is 41.8 Å². The quantitative estimate of drug-likeness (QED) is 0.719. The van der Waals surface area contributed by atoms with Crippen LogP contribution in [0.5, 0.6) is 0 Å². The molecule has 3 aromatic rings. The maximum atomic E-state index is 13.3. The molecule has 1 atom stereocenters. The molecule has 5 nitrogen and oxygen atoms in total. The number of aryl methyl sites for hydroxylation is 1. The number of nitrogens with zero attached hydrogens (tertiary/aromatic N) is 4. The zero-order valence-electron chi connectivity index (χ0n) is 14.3. The molecule has 1 aliphatic rings. The van der Waals surface area contributed by atoms with Gasteiger partial charge in [-0.2, -0.15) is 5.10 Å². The molecule has 0 bridgehead atoms. The van der Waals surface area contributed by atoms with Gasteiger partial charge in [0.15, 0.2) is 0 Å². The number of hydrogen-bond acceptors (Lipinski definition) is 3. The van der Waals surface area contributed by atoms with E-state index in [0.717, 1.165) is 12.1 Å². The number of aromatic nitrogens is 4. The highest BCUT2D eigenvalue weighted by Crippen LogP contribution is 2.39. The molecule has 1 aliphatic carbocycles. The molecule has 0 amide bonds. The van der Waals surface area contributed by atoms with E-state index in [-0.39, 0.29) is 11.9 Å². The van der Waals surface area contributed by atoms with Gasteiger partial charge in [-0.15, -0.1) is 0 Å². The minimum Gasteiger partial charge on any atom is -0.336 e. The molecule has 0 aliphatic heterocycles. The minimum atomic E-state index is -0.217. The van der Waals surface area contributed by atoms with Gasteiger partial charge in [0, 0.05) is 38.4 Å². The Morgan fingerprint density at radius 1 is 1.28 bits per heavy atom. The molecule has 1 unspecified atom stereocenters. The molecule has 0 spiro atoms. The van der Waals surface area contributed by atoms with Gasteiger partial charge < -0.3 is 9.88 Å². The normalized spacial score (nSPS) is 15.4. The lowest BCUT2D eigenvalue weighted by Crippen LogP contribution is -2.26. The van der Waals surface area contributed by atoms with E-state index in [0.29, 0.717) is 12.5 Å². The van der Waals surface area contributed by atoms with E-state index < -0.39 is 0 Å². The van der Waals surface area contributed by atoms with Crippen LogP contribution in [-0.4, -0.2) is 19.3 Å². The van der Waals surface area contributed by atoms with E-state index in [1.54, 1.807) is 12.5 Å². The average Bonchev–Trinajstić information content (AvgIpc) is 3.21. The maximum absolute atomic E-state index is 13.3. The Morgan fingerprint density at radius 2 is 2.08 bits per heavy atom. The third kappa shape index (κ3) is 3.79. The van der Waals surface area contributed by atoms with Crippen LogP contribution in [0.2, 0.25) is 0 Å². The van der Waals surface area contributed by atoms with Crippen LogP contribution in [0.4, 0.5) is 4.39 Å². The predicted octanol–water partition coefficient (Wildman–Crippen LogP) is 3.16. The first-order valence-corrected chi connectivity index (χ1v) is 8.66. The number of halogens is 1. The van der Waals surface area contributed by atoms with E-state index in [2.05, 4.69) is 21.5 Å². The third-order valence-electron chi connectivity index (χ3n) is 4.75. The van der Waals surface area contributed by atoms with Crippen LogP contribution in [-0.2, 0) is 20.1 Å². The van der Waals surface area contributed by atoms with Crippen LogP contribution < -0.4 is 5.32 Å². The third-order valence-corrected chi connectivity index (χ3v) is 4.75. The molecule has 0 saturated heterocycles. The van der Waals surface area contributed by atoms with Gasteiger partial charge in [-0.25, -0.2) is 9.37 Å². The lowest BCUT2D eigenvalue weighted by atomic mass is 10.1. The van der Waals surface area contributed by atoms with Crippen LogP contribution in [0.15, 0.2) is 49.1 Å². The molecule has 2 aromatic heterocycles. The van der Waals surface area contributed by atoms with Gasteiger partial charge in [-0.05, 0) is 36.6 Å². The van der Waals surface area contributed by atoms with Crippen molar-refractivity contribution >= 4 is 0 Å². The first kappa shape index (κ1) is 16.0. The Morgan fingerprint density at radius 3 is 2.76 bits per heavy atom. The Bertz CT molecular complexity index is 818. The van der Waals surface area contributed by atoms with Crippen molar-refractivity contribution in [3.63, 3.8) is 0 Å². The minimum absolute atomic E-state index is 0.0640. The summed E-state index contributed by atoms with van der Waals surface area (Å²) in [6.07, 6.45) is 8.01. The monoisotopic (exact) mass is 339 g/mol. The molecule has 1 aromatic carbocycles. The van der Waals surface area contributed by atoms with Crippen molar-refractivity contribution in [1.82, 2.24) is 24.6 Å². The predicted molar refractivity (Wildman–Crippen MR) is 93.4 cm³/mol. The highest BCUT2D eigenvalue weighted by Gasteiger charge is 2.26. The number of imidazole rings is 1. The summed E-state index contributed by atoms with van der Waals surface area (Å²) in [6, 6.07) is 8.95. The summed E-state index contributed by atoms with van der Waals surface area (Å²) in [7, 11) is 1.99. The van der Waals surface area contributed by atoms with Gasteiger partial charge in [0.1, 0.15) is 5.82 Å². The highest BCUT2D eigenvalue weighted by atomic mass is 19.1. The lowest BCUT2D eigenvalue weighted by Gasteiger charge is -2.20. The summed E-state index contributed by atoms with van der Waals surface area (Å²) in [5, 5.41) is 8.21. The molecule has 2 heterocycles. The van der Waals surface area contributed by atoms with Crippen molar-refractivity contribution in [2.75, 3.05) is 0 Å². The highest BCUT2D eigenvalue weighted by molar-refractivity contribution is 5.21. The van der Waals surface area contributed by atoms with Gasteiger partial charge in [0.2, 0.25) is 0 Å². The number of nitrogens with one attached hydrogen (secondary N) is 1. The molecule has 6 heteroatoms. The van der Waals surface area contributed by atoms with E-state index >= 15 is 0 Å². The van der Waals surface area contributed by atoms with E-state index in [1.165, 1.54) is 36.4 Å². The van der Waals surface area contributed by atoms with Gasteiger partial charge >= 0.3 is 0 Å². The molecular formula is C19H22FN5. The molecule has 1 saturated carbocycles. The first-order valence-electron chi connectivity index (χ1n) is 8.66. The second-order valence-corrected chi connectivity index (χ2v) is 6.70. The van der Waals surface area contributed by atoms with E-state index in [1.807, 2.05) is 34.6 Å². The van der Waals surface area contributed by atoms with Crippen LogP contribution in [0, 0.1) is 5.82 Å². The standard InChI is InChI=1S/C19H22FN5/c1-24-17(10-18(23-24)14-2-3-14)11-22-19(12-25-9-8-21-13-25)15-4-6-16(20)7-5-15/h4-10,13-14,19,22H,2-3,11-12H2,1H3. The van der Waals surface area contributed by atoms with Crippen molar-refractivity contribution in [2.24, 2.45) is 7.05 Å². The number of benzene rings is 1. The molecule has 130 valence electrons. The Hall–Kier alpha value is -2.47. The average molecular weight is 339 g/mol. The van der Waals surface area contributed by atoms with Crippen molar-refractivity contribution in [2.45, 2.75) is 37.9 Å².